The second-order valence-electron chi connectivity index (χ2n) is 4.67. The summed E-state index contributed by atoms with van der Waals surface area (Å²) in [5.41, 5.74) is 2.14. The number of hydrogen-bond donors (Lipinski definition) is 2. The van der Waals surface area contributed by atoms with Crippen molar-refractivity contribution in [3.05, 3.63) is 11.1 Å². The van der Waals surface area contributed by atoms with Crippen molar-refractivity contribution in [2.75, 3.05) is 13.1 Å². The average Bonchev–Trinajstić information content (AvgIpc) is 2.16. The third kappa shape index (κ3) is 3.08. The number of amides is 1. The van der Waals surface area contributed by atoms with Gasteiger partial charge >= 0.3 is 0 Å². The summed E-state index contributed by atoms with van der Waals surface area (Å²) in [5, 5.41) is 6.26. The summed E-state index contributed by atoms with van der Waals surface area (Å²) in [6.45, 7) is 10.1. The fourth-order valence-corrected chi connectivity index (χ4v) is 2.10. The molecular formula is C13H24N2O. The van der Waals surface area contributed by atoms with Crippen LogP contribution >= 0.6 is 0 Å². The molecule has 0 aromatic carbocycles. The fourth-order valence-electron chi connectivity index (χ4n) is 2.10. The van der Waals surface area contributed by atoms with Gasteiger partial charge in [0.05, 0.1) is 0 Å². The number of hydrogen-bond acceptors (Lipinski definition) is 2. The first-order valence-corrected chi connectivity index (χ1v) is 6.30. The van der Waals surface area contributed by atoms with E-state index in [9.17, 15) is 4.79 Å². The Balaban J connectivity index is 2.50. The summed E-state index contributed by atoms with van der Waals surface area (Å²) in [7, 11) is 0. The van der Waals surface area contributed by atoms with Crippen LogP contribution in [0.2, 0.25) is 0 Å². The van der Waals surface area contributed by atoms with Crippen LogP contribution < -0.4 is 10.6 Å². The van der Waals surface area contributed by atoms with Gasteiger partial charge in [-0.25, -0.2) is 0 Å². The highest BCUT2D eigenvalue weighted by molar-refractivity contribution is 5.94. The van der Waals surface area contributed by atoms with Gasteiger partial charge in [-0.2, -0.15) is 0 Å². The van der Waals surface area contributed by atoms with Crippen molar-refractivity contribution in [2.24, 2.45) is 5.92 Å². The van der Waals surface area contributed by atoms with E-state index in [2.05, 4.69) is 31.4 Å². The van der Waals surface area contributed by atoms with Crippen LogP contribution in [-0.4, -0.2) is 25.0 Å². The highest BCUT2D eigenvalue weighted by Gasteiger charge is 2.20. The van der Waals surface area contributed by atoms with Gasteiger partial charge in [-0.05, 0) is 25.3 Å². The van der Waals surface area contributed by atoms with Gasteiger partial charge in [0.25, 0.3) is 0 Å². The van der Waals surface area contributed by atoms with E-state index in [1.165, 1.54) is 5.57 Å². The van der Waals surface area contributed by atoms with Gasteiger partial charge < -0.3 is 10.6 Å². The van der Waals surface area contributed by atoms with Gasteiger partial charge in [-0.1, -0.05) is 26.7 Å². The SMILES string of the molecule is CCC(CC)C(C)NC(=O)C(C)=C1CNC1. The Bertz CT molecular complexity index is 274. The molecule has 0 aromatic heterocycles. The summed E-state index contributed by atoms with van der Waals surface area (Å²) in [6, 6.07) is 0.270. The molecule has 1 fully saturated rings. The van der Waals surface area contributed by atoms with Crippen molar-refractivity contribution >= 4 is 5.91 Å². The van der Waals surface area contributed by atoms with Gasteiger partial charge in [0.1, 0.15) is 0 Å². The largest absolute Gasteiger partial charge is 0.350 e. The Morgan fingerprint density at radius 2 is 1.94 bits per heavy atom. The van der Waals surface area contributed by atoms with Gasteiger partial charge in [-0.3, -0.25) is 4.79 Å². The Kier molecular flexibility index (Phi) is 5.00. The third-order valence-electron chi connectivity index (χ3n) is 3.66. The smallest absolute Gasteiger partial charge is 0.247 e. The molecule has 1 aliphatic heterocycles. The van der Waals surface area contributed by atoms with Crippen molar-refractivity contribution < 1.29 is 4.79 Å². The monoisotopic (exact) mass is 224 g/mol. The zero-order valence-electron chi connectivity index (χ0n) is 10.9. The molecule has 1 aliphatic rings. The average molecular weight is 224 g/mol. The highest BCUT2D eigenvalue weighted by atomic mass is 16.1. The van der Waals surface area contributed by atoms with E-state index in [0.29, 0.717) is 5.92 Å². The van der Waals surface area contributed by atoms with Crippen LogP contribution in [-0.2, 0) is 4.79 Å². The minimum absolute atomic E-state index is 0.107. The molecule has 0 aromatic rings. The van der Waals surface area contributed by atoms with Gasteiger partial charge in [0, 0.05) is 24.7 Å². The van der Waals surface area contributed by atoms with Crippen molar-refractivity contribution in [2.45, 2.75) is 46.6 Å². The first-order valence-electron chi connectivity index (χ1n) is 6.30. The Morgan fingerprint density at radius 3 is 2.31 bits per heavy atom. The Morgan fingerprint density at radius 1 is 1.38 bits per heavy atom. The van der Waals surface area contributed by atoms with E-state index in [-0.39, 0.29) is 11.9 Å². The van der Waals surface area contributed by atoms with Gasteiger partial charge in [-0.15, -0.1) is 0 Å². The first kappa shape index (κ1) is 13.2. The van der Waals surface area contributed by atoms with Crippen molar-refractivity contribution in [1.29, 1.82) is 0 Å². The maximum Gasteiger partial charge on any atom is 0.247 e. The second-order valence-corrected chi connectivity index (χ2v) is 4.67. The summed E-state index contributed by atoms with van der Waals surface area (Å²) < 4.78 is 0. The molecule has 3 nitrogen and oxygen atoms in total. The molecule has 1 atom stereocenters. The summed E-state index contributed by atoms with van der Waals surface area (Å²) in [5.74, 6) is 0.692. The molecule has 1 unspecified atom stereocenters. The van der Waals surface area contributed by atoms with Crippen molar-refractivity contribution in [1.82, 2.24) is 10.6 Å². The minimum atomic E-state index is 0.107. The molecule has 1 amide bonds. The number of nitrogens with one attached hydrogen (secondary N) is 2. The highest BCUT2D eigenvalue weighted by Crippen LogP contribution is 2.14. The van der Waals surface area contributed by atoms with Crippen LogP contribution in [0, 0.1) is 5.92 Å². The predicted molar refractivity (Wildman–Crippen MR) is 67.2 cm³/mol. The Hall–Kier alpha value is -0.830. The molecule has 16 heavy (non-hydrogen) atoms. The summed E-state index contributed by atoms with van der Waals surface area (Å²) in [6.07, 6.45) is 2.24. The molecule has 92 valence electrons. The number of carbonyl (C=O) groups excluding carboxylic acids is 1. The van der Waals surface area contributed by atoms with E-state index in [0.717, 1.165) is 31.5 Å². The van der Waals surface area contributed by atoms with Crippen LogP contribution in [0.3, 0.4) is 0 Å². The standard InChI is InChI=1S/C13H24N2O/c1-5-11(6-2)10(4)15-13(16)9(3)12-7-14-8-12/h10-11,14H,5-8H2,1-4H3,(H,15,16). The molecule has 1 rings (SSSR count). The number of rotatable bonds is 5. The molecule has 0 radical (unpaired) electrons. The molecule has 0 aliphatic carbocycles. The molecular weight excluding hydrogens is 200 g/mol. The van der Waals surface area contributed by atoms with Gasteiger partial charge in [0.15, 0.2) is 0 Å². The normalized spacial score (nSPS) is 16.9. The van der Waals surface area contributed by atoms with E-state index in [4.69, 9.17) is 0 Å². The lowest BCUT2D eigenvalue weighted by molar-refractivity contribution is -0.118. The lowest BCUT2D eigenvalue weighted by Gasteiger charge is -2.25. The quantitative estimate of drug-likeness (QED) is 0.700. The van der Waals surface area contributed by atoms with Crippen LogP contribution in [0.25, 0.3) is 0 Å². The van der Waals surface area contributed by atoms with E-state index < -0.39 is 0 Å². The minimum Gasteiger partial charge on any atom is -0.350 e. The molecule has 0 spiro atoms. The zero-order valence-corrected chi connectivity index (χ0v) is 10.9. The van der Waals surface area contributed by atoms with Crippen LogP contribution in [0.4, 0.5) is 0 Å². The maximum atomic E-state index is 11.9. The molecule has 2 N–H and O–H groups in total. The van der Waals surface area contributed by atoms with Crippen LogP contribution in [0.15, 0.2) is 11.1 Å². The fraction of sp³-hybridized carbons (Fsp3) is 0.769. The second kappa shape index (κ2) is 6.04. The lowest BCUT2D eigenvalue weighted by atomic mass is 9.95. The molecule has 3 heteroatoms. The molecule has 1 saturated heterocycles. The summed E-state index contributed by atoms with van der Waals surface area (Å²) in [4.78, 5) is 11.9. The zero-order chi connectivity index (χ0) is 12.1. The Labute approximate surface area is 98.7 Å². The first-order chi connectivity index (χ1) is 7.60. The predicted octanol–water partition coefficient (Wildman–Crippen LogP) is 1.85. The summed E-state index contributed by atoms with van der Waals surface area (Å²) >= 11 is 0. The van der Waals surface area contributed by atoms with Crippen molar-refractivity contribution in [3.8, 4) is 0 Å². The van der Waals surface area contributed by atoms with E-state index >= 15 is 0 Å². The third-order valence-corrected chi connectivity index (χ3v) is 3.66. The lowest BCUT2D eigenvalue weighted by Crippen LogP contribution is -2.41. The van der Waals surface area contributed by atoms with E-state index in [1.807, 2.05) is 6.92 Å². The topological polar surface area (TPSA) is 41.1 Å². The molecule has 1 heterocycles. The van der Waals surface area contributed by atoms with Crippen LogP contribution in [0.1, 0.15) is 40.5 Å². The van der Waals surface area contributed by atoms with Gasteiger partial charge in [0.2, 0.25) is 5.91 Å². The van der Waals surface area contributed by atoms with Crippen LogP contribution in [0.5, 0.6) is 0 Å². The maximum absolute atomic E-state index is 11.9. The van der Waals surface area contributed by atoms with Crippen molar-refractivity contribution in [3.63, 3.8) is 0 Å². The molecule has 0 saturated carbocycles. The molecule has 0 bridgehead atoms. The number of carbonyl (C=O) groups is 1. The van der Waals surface area contributed by atoms with E-state index in [1.54, 1.807) is 0 Å².